The van der Waals surface area contributed by atoms with Gasteiger partial charge in [-0.3, -0.25) is 0 Å². The van der Waals surface area contributed by atoms with E-state index in [-0.39, 0.29) is 0 Å². The summed E-state index contributed by atoms with van der Waals surface area (Å²) < 4.78 is 5.40. The summed E-state index contributed by atoms with van der Waals surface area (Å²) in [7, 11) is 0. The van der Waals surface area contributed by atoms with E-state index in [2.05, 4.69) is 0 Å². The molecule has 2 aromatic rings. The molecule has 0 aromatic heterocycles. The number of rotatable bonds is 4. The first-order valence-corrected chi connectivity index (χ1v) is 7.77. The Balaban J connectivity index is 2.46. The lowest BCUT2D eigenvalue weighted by Crippen LogP contribution is -2.13. The van der Waals surface area contributed by atoms with Crippen LogP contribution < -0.4 is 10.5 Å². The molecule has 0 saturated carbocycles. The monoisotopic (exact) mass is 363 g/mol. The summed E-state index contributed by atoms with van der Waals surface area (Å²) >= 11 is 24.6. The van der Waals surface area contributed by atoms with Crippen molar-refractivity contribution in [2.75, 3.05) is 6.61 Å². The smallest absolute Gasteiger partial charge is 0.139 e. The van der Waals surface area contributed by atoms with Crippen LogP contribution in [-0.2, 0) is 0 Å². The molecule has 0 fully saturated rings. The molecule has 0 heterocycles. The van der Waals surface area contributed by atoms with Gasteiger partial charge in [-0.1, -0.05) is 46.4 Å². The van der Waals surface area contributed by atoms with E-state index in [1.165, 1.54) is 0 Å². The molecule has 2 aromatic carbocycles. The van der Waals surface area contributed by atoms with Crippen LogP contribution in [0.25, 0.3) is 0 Å². The minimum atomic E-state index is -0.531. The SMILES string of the molecule is CCOc1cc(Cl)c(C(N)c2cc(Cl)ccc2Cl)cc1Cl. The van der Waals surface area contributed by atoms with Crippen LogP contribution in [0.15, 0.2) is 30.3 Å². The van der Waals surface area contributed by atoms with Crippen LogP contribution in [0.5, 0.6) is 5.75 Å². The van der Waals surface area contributed by atoms with Gasteiger partial charge in [0.15, 0.2) is 0 Å². The normalized spacial score (nSPS) is 12.3. The second-order valence-corrected chi connectivity index (χ2v) is 6.04. The van der Waals surface area contributed by atoms with E-state index in [0.717, 1.165) is 0 Å². The van der Waals surface area contributed by atoms with Crippen LogP contribution >= 0.6 is 46.4 Å². The lowest BCUT2D eigenvalue weighted by Gasteiger charge is -2.18. The van der Waals surface area contributed by atoms with Crippen molar-refractivity contribution < 1.29 is 4.74 Å². The molecule has 0 aliphatic carbocycles. The largest absolute Gasteiger partial charge is 0.492 e. The molecule has 112 valence electrons. The topological polar surface area (TPSA) is 35.2 Å². The molecule has 2 nitrogen and oxygen atoms in total. The fourth-order valence-electron chi connectivity index (χ4n) is 1.97. The van der Waals surface area contributed by atoms with Gasteiger partial charge in [-0.05, 0) is 42.3 Å². The molecule has 2 N–H and O–H groups in total. The quantitative estimate of drug-likeness (QED) is 0.749. The number of nitrogens with two attached hydrogens (primary N) is 1. The molecule has 0 spiro atoms. The highest BCUT2D eigenvalue weighted by atomic mass is 35.5. The Morgan fingerprint density at radius 1 is 0.952 bits per heavy atom. The van der Waals surface area contributed by atoms with Gasteiger partial charge in [-0.2, -0.15) is 0 Å². The van der Waals surface area contributed by atoms with Gasteiger partial charge in [-0.25, -0.2) is 0 Å². The summed E-state index contributed by atoms with van der Waals surface area (Å²) in [4.78, 5) is 0. The highest BCUT2D eigenvalue weighted by Crippen LogP contribution is 2.37. The van der Waals surface area contributed by atoms with Gasteiger partial charge in [-0.15, -0.1) is 0 Å². The lowest BCUT2D eigenvalue weighted by molar-refractivity contribution is 0.340. The average Bonchev–Trinajstić information content (AvgIpc) is 2.44. The van der Waals surface area contributed by atoms with Gasteiger partial charge in [0, 0.05) is 21.1 Å². The van der Waals surface area contributed by atoms with Gasteiger partial charge < -0.3 is 10.5 Å². The zero-order chi connectivity index (χ0) is 15.6. The maximum absolute atomic E-state index is 6.28. The first kappa shape index (κ1) is 16.7. The van der Waals surface area contributed by atoms with E-state index < -0.39 is 6.04 Å². The first-order valence-electron chi connectivity index (χ1n) is 6.26. The maximum atomic E-state index is 6.28. The number of benzene rings is 2. The van der Waals surface area contributed by atoms with E-state index in [9.17, 15) is 0 Å². The van der Waals surface area contributed by atoms with Crippen LogP contribution in [0.3, 0.4) is 0 Å². The summed E-state index contributed by atoms with van der Waals surface area (Å²) in [6.45, 7) is 2.37. The molecular formula is C15H13Cl4NO. The fourth-order valence-corrected chi connectivity index (χ4v) is 2.88. The van der Waals surface area contributed by atoms with Crippen LogP contribution in [0.1, 0.15) is 24.1 Å². The molecule has 1 unspecified atom stereocenters. The van der Waals surface area contributed by atoms with E-state index in [0.29, 0.717) is 43.6 Å². The highest BCUT2D eigenvalue weighted by molar-refractivity contribution is 6.35. The summed E-state index contributed by atoms with van der Waals surface area (Å²) in [5.41, 5.74) is 7.60. The Kier molecular flexibility index (Phi) is 5.64. The fraction of sp³-hybridized carbons (Fsp3) is 0.200. The van der Waals surface area contributed by atoms with Gasteiger partial charge in [0.2, 0.25) is 0 Å². The maximum Gasteiger partial charge on any atom is 0.139 e. The molecule has 0 aliphatic rings. The van der Waals surface area contributed by atoms with Crippen molar-refractivity contribution in [3.8, 4) is 5.75 Å². The van der Waals surface area contributed by atoms with Crippen molar-refractivity contribution in [3.05, 3.63) is 61.5 Å². The van der Waals surface area contributed by atoms with Gasteiger partial charge in [0.05, 0.1) is 17.7 Å². The average molecular weight is 365 g/mol. The molecule has 0 bridgehead atoms. The number of halogens is 4. The molecule has 0 aliphatic heterocycles. The van der Waals surface area contributed by atoms with Crippen LogP contribution in [0, 0.1) is 0 Å². The standard InChI is InChI=1S/C15H13Cl4NO/c1-2-21-14-7-12(18)10(6-13(14)19)15(20)9-5-8(16)3-4-11(9)17/h3-7,15H,2,20H2,1H3. The predicted octanol–water partition coefficient (Wildman–Crippen LogP) is 5.75. The Morgan fingerprint density at radius 3 is 2.29 bits per heavy atom. The van der Waals surface area contributed by atoms with E-state index >= 15 is 0 Å². The van der Waals surface area contributed by atoms with Crippen LogP contribution in [0.2, 0.25) is 20.1 Å². The summed E-state index contributed by atoms with van der Waals surface area (Å²) in [5.74, 6) is 0.525. The Morgan fingerprint density at radius 2 is 1.62 bits per heavy atom. The van der Waals surface area contributed by atoms with E-state index in [1.807, 2.05) is 6.92 Å². The van der Waals surface area contributed by atoms with Crippen molar-refractivity contribution in [2.24, 2.45) is 5.73 Å². The van der Waals surface area contributed by atoms with Crippen molar-refractivity contribution in [3.63, 3.8) is 0 Å². The lowest BCUT2D eigenvalue weighted by atomic mass is 9.99. The Hall–Kier alpha value is -0.640. The van der Waals surface area contributed by atoms with Gasteiger partial charge >= 0.3 is 0 Å². The zero-order valence-electron chi connectivity index (χ0n) is 11.2. The molecular weight excluding hydrogens is 352 g/mol. The predicted molar refractivity (Wildman–Crippen MR) is 90.1 cm³/mol. The van der Waals surface area contributed by atoms with Crippen LogP contribution in [-0.4, -0.2) is 6.61 Å². The van der Waals surface area contributed by atoms with Crippen molar-refractivity contribution >= 4 is 46.4 Å². The summed E-state index contributed by atoms with van der Waals surface area (Å²) in [5, 5.41) is 1.99. The molecule has 0 amide bonds. The highest BCUT2D eigenvalue weighted by Gasteiger charge is 2.18. The van der Waals surface area contributed by atoms with Crippen LogP contribution in [0.4, 0.5) is 0 Å². The molecule has 2 rings (SSSR count). The third-order valence-corrected chi connectivity index (χ3v) is 4.18. The Bertz CT molecular complexity index is 660. The second kappa shape index (κ2) is 7.08. The molecule has 21 heavy (non-hydrogen) atoms. The Labute approximate surface area is 143 Å². The number of hydrogen-bond acceptors (Lipinski definition) is 2. The molecule has 6 heteroatoms. The first-order chi connectivity index (χ1) is 9.93. The number of hydrogen-bond donors (Lipinski definition) is 1. The van der Waals surface area contributed by atoms with E-state index in [4.69, 9.17) is 56.9 Å². The van der Waals surface area contributed by atoms with E-state index in [1.54, 1.807) is 30.3 Å². The van der Waals surface area contributed by atoms with Crippen molar-refractivity contribution in [2.45, 2.75) is 13.0 Å². The second-order valence-electron chi connectivity index (χ2n) is 4.38. The number of ether oxygens (including phenoxy) is 1. The van der Waals surface area contributed by atoms with Gasteiger partial charge in [0.25, 0.3) is 0 Å². The summed E-state index contributed by atoms with van der Waals surface area (Å²) in [6.07, 6.45) is 0. The third kappa shape index (κ3) is 3.77. The van der Waals surface area contributed by atoms with Crippen molar-refractivity contribution in [1.82, 2.24) is 0 Å². The minimum Gasteiger partial charge on any atom is -0.492 e. The molecule has 0 saturated heterocycles. The zero-order valence-corrected chi connectivity index (χ0v) is 14.2. The molecule has 0 radical (unpaired) electrons. The van der Waals surface area contributed by atoms with Gasteiger partial charge in [0.1, 0.15) is 5.75 Å². The van der Waals surface area contributed by atoms with Crippen molar-refractivity contribution in [1.29, 1.82) is 0 Å². The minimum absolute atomic E-state index is 0.449. The molecule has 1 atom stereocenters. The summed E-state index contributed by atoms with van der Waals surface area (Å²) in [6, 6.07) is 7.93. The third-order valence-electron chi connectivity index (χ3n) is 2.98.